The van der Waals surface area contributed by atoms with Crippen LogP contribution in [0.4, 0.5) is 0 Å². The van der Waals surface area contributed by atoms with E-state index in [1.807, 2.05) is 0 Å². The lowest BCUT2D eigenvalue weighted by Gasteiger charge is -2.48. The van der Waals surface area contributed by atoms with Gasteiger partial charge in [0, 0.05) is 24.2 Å². The van der Waals surface area contributed by atoms with Gasteiger partial charge in [-0.15, -0.1) is 0 Å². The fourth-order valence-electron chi connectivity index (χ4n) is 3.80. The van der Waals surface area contributed by atoms with E-state index in [4.69, 9.17) is 0 Å². The summed E-state index contributed by atoms with van der Waals surface area (Å²) in [5, 5.41) is 10.4. The van der Waals surface area contributed by atoms with E-state index in [1.165, 1.54) is 12.8 Å². The van der Waals surface area contributed by atoms with Crippen molar-refractivity contribution in [2.24, 2.45) is 5.92 Å². The Labute approximate surface area is 103 Å². The molecule has 96 valence electrons. The van der Waals surface area contributed by atoms with Crippen LogP contribution in [0, 0.1) is 5.92 Å². The zero-order valence-electron chi connectivity index (χ0n) is 10.8. The summed E-state index contributed by atoms with van der Waals surface area (Å²) in [7, 11) is 0. The van der Waals surface area contributed by atoms with Crippen molar-refractivity contribution in [3.05, 3.63) is 0 Å². The number of nitrogens with one attached hydrogen (secondary N) is 3. The van der Waals surface area contributed by atoms with Crippen LogP contribution in [-0.2, 0) is 4.79 Å². The summed E-state index contributed by atoms with van der Waals surface area (Å²) >= 11 is 0. The van der Waals surface area contributed by atoms with Crippen LogP contribution in [0.25, 0.3) is 0 Å². The van der Waals surface area contributed by atoms with E-state index in [1.54, 1.807) is 0 Å². The van der Waals surface area contributed by atoms with Gasteiger partial charge >= 0.3 is 0 Å². The summed E-state index contributed by atoms with van der Waals surface area (Å²) in [4.78, 5) is 11.9. The first-order chi connectivity index (χ1) is 8.08. The monoisotopic (exact) mass is 237 g/mol. The van der Waals surface area contributed by atoms with Crippen molar-refractivity contribution < 1.29 is 4.79 Å². The largest absolute Gasteiger partial charge is 0.353 e. The summed E-state index contributed by atoms with van der Waals surface area (Å²) in [6, 6.07) is 1.30. The smallest absolute Gasteiger partial charge is 0.237 e. The first-order valence-electron chi connectivity index (χ1n) is 6.89. The maximum atomic E-state index is 11.9. The SMILES string of the molecule is CC(C)[C@@H]1NC2(CNC1=O)CC1CCC(C2)N1. The molecule has 3 heterocycles. The fraction of sp³-hybridized carbons (Fsp3) is 0.923. The maximum absolute atomic E-state index is 11.9. The van der Waals surface area contributed by atoms with Crippen LogP contribution >= 0.6 is 0 Å². The molecule has 0 aliphatic carbocycles. The highest BCUT2D eigenvalue weighted by atomic mass is 16.2. The summed E-state index contributed by atoms with van der Waals surface area (Å²) in [5.41, 5.74) is 0.153. The minimum atomic E-state index is -0.0127. The predicted octanol–water partition coefficient (Wildman–Crippen LogP) is 0.384. The van der Waals surface area contributed by atoms with Gasteiger partial charge < -0.3 is 10.6 Å². The van der Waals surface area contributed by atoms with Gasteiger partial charge in [0.15, 0.2) is 0 Å². The van der Waals surface area contributed by atoms with Gasteiger partial charge in [0.25, 0.3) is 0 Å². The van der Waals surface area contributed by atoms with E-state index >= 15 is 0 Å². The lowest BCUT2D eigenvalue weighted by Crippen LogP contribution is -2.71. The Bertz CT molecular complexity index is 317. The molecule has 3 N–H and O–H groups in total. The molecule has 1 amide bonds. The average molecular weight is 237 g/mol. The topological polar surface area (TPSA) is 53.2 Å². The number of piperidine rings is 1. The Hall–Kier alpha value is -0.610. The molecular formula is C13H23N3O. The number of piperazine rings is 1. The zero-order chi connectivity index (χ0) is 12.0. The Morgan fingerprint density at radius 2 is 1.88 bits per heavy atom. The Morgan fingerprint density at radius 3 is 2.47 bits per heavy atom. The number of rotatable bonds is 1. The van der Waals surface area contributed by atoms with Gasteiger partial charge in [-0.1, -0.05) is 13.8 Å². The lowest BCUT2D eigenvalue weighted by atomic mass is 9.80. The summed E-state index contributed by atoms with van der Waals surface area (Å²) in [6.07, 6.45) is 4.92. The predicted molar refractivity (Wildman–Crippen MR) is 66.7 cm³/mol. The van der Waals surface area contributed by atoms with Crippen LogP contribution in [0.1, 0.15) is 39.5 Å². The minimum Gasteiger partial charge on any atom is -0.353 e. The van der Waals surface area contributed by atoms with Gasteiger partial charge in [-0.3, -0.25) is 10.1 Å². The molecule has 3 fully saturated rings. The highest BCUT2D eigenvalue weighted by Crippen LogP contribution is 2.35. The first kappa shape index (κ1) is 11.5. The molecule has 0 aromatic rings. The quantitative estimate of drug-likeness (QED) is 0.618. The van der Waals surface area contributed by atoms with Crippen LogP contribution < -0.4 is 16.0 Å². The van der Waals surface area contributed by atoms with Crippen LogP contribution in [0.5, 0.6) is 0 Å². The van der Waals surface area contributed by atoms with Crippen molar-refractivity contribution in [3.8, 4) is 0 Å². The third kappa shape index (κ3) is 1.97. The highest BCUT2D eigenvalue weighted by Gasteiger charge is 2.48. The fourth-order valence-corrected chi connectivity index (χ4v) is 3.80. The van der Waals surface area contributed by atoms with Gasteiger partial charge in [0.2, 0.25) is 5.91 Å². The van der Waals surface area contributed by atoms with E-state index in [2.05, 4.69) is 29.8 Å². The Morgan fingerprint density at radius 1 is 1.24 bits per heavy atom. The first-order valence-corrected chi connectivity index (χ1v) is 6.89. The number of hydrogen-bond donors (Lipinski definition) is 3. The minimum absolute atomic E-state index is 0.0127. The molecule has 4 heteroatoms. The normalized spacial score (nSPS) is 45.4. The van der Waals surface area contributed by atoms with Crippen molar-refractivity contribution in [1.29, 1.82) is 0 Å². The molecule has 0 aromatic carbocycles. The van der Waals surface area contributed by atoms with Crippen LogP contribution in [0.15, 0.2) is 0 Å². The van der Waals surface area contributed by atoms with Gasteiger partial charge in [0.05, 0.1) is 6.04 Å². The summed E-state index contributed by atoms with van der Waals surface area (Å²) < 4.78 is 0. The van der Waals surface area contributed by atoms with Crippen LogP contribution in [-0.4, -0.2) is 36.1 Å². The number of hydrogen-bond acceptors (Lipinski definition) is 3. The molecule has 0 saturated carbocycles. The zero-order valence-corrected chi connectivity index (χ0v) is 10.8. The van der Waals surface area contributed by atoms with Crippen molar-refractivity contribution in [3.63, 3.8) is 0 Å². The van der Waals surface area contributed by atoms with E-state index in [-0.39, 0.29) is 17.5 Å². The second-order valence-corrected chi connectivity index (χ2v) is 6.41. The molecule has 3 aliphatic heterocycles. The van der Waals surface area contributed by atoms with E-state index < -0.39 is 0 Å². The molecule has 3 atom stereocenters. The molecule has 3 saturated heterocycles. The third-order valence-corrected chi connectivity index (χ3v) is 4.62. The third-order valence-electron chi connectivity index (χ3n) is 4.62. The molecule has 17 heavy (non-hydrogen) atoms. The number of carbonyl (C=O) groups is 1. The Balaban J connectivity index is 1.77. The molecule has 2 bridgehead atoms. The highest BCUT2D eigenvalue weighted by molar-refractivity contribution is 5.83. The molecule has 0 radical (unpaired) electrons. The van der Waals surface area contributed by atoms with Crippen LogP contribution in [0.3, 0.4) is 0 Å². The molecule has 1 spiro atoms. The molecule has 0 aromatic heterocycles. The van der Waals surface area contributed by atoms with Gasteiger partial charge in [0.1, 0.15) is 0 Å². The van der Waals surface area contributed by atoms with Crippen molar-refractivity contribution in [2.75, 3.05) is 6.54 Å². The molecule has 3 rings (SSSR count). The maximum Gasteiger partial charge on any atom is 0.237 e. The number of fused-ring (bicyclic) bond motifs is 2. The van der Waals surface area contributed by atoms with Crippen LogP contribution in [0.2, 0.25) is 0 Å². The lowest BCUT2D eigenvalue weighted by molar-refractivity contribution is -0.128. The standard InChI is InChI=1S/C13H23N3O/c1-8(2)11-12(17)14-7-13(16-11)5-9-3-4-10(6-13)15-9/h8-11,15-16H,3-7H2,1-2H3,(H,14,17)/t9?,10?,11-,13?/m0/s1. The molecule has 4 nitrogen and oxygen atoms in total. The molecule has 2 unspecified atom stereocenters. The summed E-state index contributed by atoms with van der Waals surface area (Å²) in [6.45, 7) is 5.04. The second-order valence-electron chi connectivity index (χ2n) is 6.41. The number of amides is 1. The summed E-state index contributed by atoms with van der Waals surface area (Å²) in [5.74, 6) is 0.538. The van der Waals surface area contributed by atoms with Crippen molar-refractivity contribution in [1.82, 2.24) is 16.0 Å². The number of carbonyl (C=O) groups excluding carboxylic acids is 1. The van der Waals surface area contributed by atoms with E-state index in [0.29, 0.717) is 18.0 Å². The van der Waals surface area contributed by atoms with E-state index in [0.717, 1.165) is 19.4 Å². The molecule has 3 aliphatic rings. The second kappa shape index (κ2) is 3.95. The van der Waals surface area contributed by atoms with Gasteiger partial charge in [-0.05, 0) is 31.6 Å². The van der Waals surface area contributed by atoms with Gasteiger partial charge in [-0.2, -0.15) is 0 Å². The van der Waals surface area contributed by atoms with Gasteiger partial charge in [-0.25, -0.2) is 0 Å². The van der Waals surface area contributed by atoms with E-state index in [9.17, 15) is 4.79 Å². The van der Waals surface area contributed by atoms with Crippen molar-refractivity contribution >= 4 is 5.91 Å². The molecular weight excluding hydrogens is 214 g/mol. The average Bonchev–Trinajstić information content (AvgIpc) is 2.63. The van der Waals surface area contributed by atoms with Crippen molar-refractivity contribution in [2.45, 2.75) is 63.2 Å². The Kier molecular flexibility index (Phi) is 2.67.